The molecule has 1 amide bonds. The van der Waals surface area contributed by atoms with Gasteiger partial charge >= 0.3 is 5.63 Å². The van der Waals surface area contributed by atoms with E-state index in [0.29, 0.717) is 16.0 Å². The van der Waals surface area contributed by atoms with Crippen LogP contribution in [0.2, 0.25) is 5.02 Å². The van der Waals surface area contributed by atoms with Crippen molar-refractivity contribution in [3.8, 4) is 0 Å². The van der Waals surface area contributed by atoms with Crippen LogP contribution in [0.15, 0.2) is 31.9 Å². The monoisotopic (exact) mass is 383 g/mol. The van der Waals surface area contributed by atoms with E-state index in [2.05, 4.69) is 21.2 Å². The van der Waals surface area contributed by atoms with Crippen LogP contribution in [0.3, 0.4) is 0 Å². The number of amides is 1. The highest BCUT2D eigenvalue weighted by Crippen LogP contribution is 2.27. The third kappa shape index (κ3) is 3.20. The van der Waals surface area contributed by atoms with Gasteiger partial charge in [-0.3, -0.25) is 4.79 Å². The molecule has 1 fully saturated rings. The molecule has 1 aliphatic rings. The molecule has 1 aromatic carbocycles. The molecule has 1 heterocycles. The molecular weight excluding hydrogens is 370 g/mol. The first-order chi connectivity index (χ1) is 10.5. The molecule has 0 unspecified atom stereocenters. The van der Waals surface area contributed by atoms with Crippen LogP contribution in [0.1, 0.15) is 42.5 Å². The van der Waals surface area contributed by atoms with Crippen molar-refractivity contribution in [2.75, 3.05) is 0 Å². The zero-order chi connectivity index (χ0) is 15.7. The van der Waals surface area contributed by atoms with Gasteiger partial charge in [-0.05, 0) is 31.0 Å². The summed E-state index contributed by atoms with van der Waals surface area (Å²) in [5.74, 6) is -0.376. The lowest BCUT2D eigenvalue weighted by molar-refractivity contribution is 0.0924. The first-order valence-corrected chi connectivity index (χ1v) is 8.45. The Morgan fingerprint density at radius 3 is 2.68 bits per heavy atom. The second-order valence-corrected chi connectivity index (χ2v) is 6.88. The lowest BCUT2D eigenvalue weighted by atomic mass is 9.95. The van der Waals surface area contributed by atoms with Gasteiger partial charge in [0.2, 0.25) is 0 Å². The molecule has 0 atom stereocenters. The minimum absolute atomic E-state index is 0.0206. The quantitative estimate of drug-likeness (QED) is 0.787. The van der Waals surface area contributed by atoms with E-state index in [1.807, 2.05) is 0 Å². The predicted octanol–water partition coefficient (Wildman–Crippen LogP) is 4.27. The highest BCUT2D eigenvalue weighted by Gasteiger charge is 2.20. The number of carbonyl (C=O) groups excluding carboxylic acids is 1. The summed E-state index contributed by atoms with van der Waals surface area (Å²) in [5, 5.41) is 3.88. The smallest absolute Gasteiger partial charge is 0.349 e. The van der Waals surface area contributed by atoms with E-state index in [-0.39, 0.29) is 17.5 Å². The molecular formula is C16H15BrClNO3. The van der Waals surface area contributed by atoms with Crippen molar-refractivity contribution in [3.63, 3.8) is 0 Å². The third-order valence-electron chi connectivity index (χ3n) is 3.94. The summed E-state index contributed by atoms with van der Waals surface area (Å²) in [7, 11) is 0. The summed E-state index contributed by atoms with van der Waals surface area (Å²) in [4.78, 5) is 24.4. The van der Waals surface area contributed by atoms with Gasteiger partial charge in [-0.15, -0.1) is 0 Å². The van der Waals surface area contributed by atoms with Crippen LogP contribution in [0.5, 0.6) is 0 Å². The number of carbonyl (C=O) groups is 1. The van der Waals surface area contributed by atoms with Gasteiger partial charge in [0.05, 0.1) is 5.02 Å². The number of rotatable bonds is 2. The zero-order valence-electron chi connectivity index (χ0n) is 11.8. The number of benzene rings is 1. The fourth-order valence-electron chi connectivity index (χ4n) is 2.83. The Morgan fingerprint density at radius 1 is 1.23 bits per heavy atom. The molecule has 0 radical (unpaired) electrons. The number of hydrogen-bond donors (Lipinski definition) is 1. The summed E-state index contributed by atoms with van der Waals surface area (Å²) in [5.41, 5.74) is -0.346. The van der Waals surface area contributed by atoms with Gasteiger partial charge in [0.25, 0.3) is 5.91 Å². The maximum atomic E-state index is 12.3. The molecule has 3 rings (SSSR count). The molecule has 1 aromatic heterocycles. The lowest BCUT2D eigenvalue weighted by Gasteiger charge is -2.22. The maximum absolute atomic E-state index is 12.3. The van der Waals surface area contributed by atoms with Gasteiger partial charge in [-0.1, -0.05) is 46.8 Å². The van der Waals surface area contributed by atoms with Crippen molar-refractivity contribution in [1.29, 1.82) is 0 Å². The summed E-state index contributed by atoms with van der Waals surface area (Å²) >= 11 is 9.40. The Morgan fingerprint density at radius 2 is 1.95 bits per heavy atom. The number of fused-ring (bicyclic) bond motifs is 1. The fourth-order valence-corrected chi connectivity index (χ4v) is 3.70. The first-order valence-electron chi connectivity index (χ1n) is 7.28. The Labute approximate surface area is 141 Å². The predicted molar refractivity (Wildman–Crippen MR) is 89.5 cm³/mol. The Kier molecular flexibility index (Phi) is 4.54. The van der Waals surface area contributed by atoms with Gasteiger partial charge in [0, 0.05) is 15.9 Å². The van der Waals surface area contributed by atoms with Crippen molar-refractivity contribution in [3.05, 3.63) is 43.7 Å². The third-order valence-corrected chi connectivity index (χ3v) is 4.68. The van der Waals surface area contributed by atoms with E-state index in [1.54, 1.807) is 12.1 Å². The molecule has 0 bridgehead atoms. The Bertz CT molecular complexity index is 781. The summed E-state index contributed by atoms with van der Waals surface area (Å²) < 4.78 is 5.98. The highest BCUT2D eigenvalue weighted by atomic mass is 79.9. The van der Waals surface area contributed by atoms with Crippen LogP contribution in [-0.2, 0) is 0 Å². The van der Waals surface area contributed by atoms with Gasteiger partial charge in [0.15, 0.2) is 5.58 Å². The normalized spacial score (nSPS) is 15.9. The van der Waals surface area contributed by atoms with E-state index >= 15 is 0 Å². The highest BCUT2D eigenvalue weighted by molar-refractivity contribution is 9.10. The number of halogens is 2. The molecule has 0 aliphatic heterocycles. The fraction of sp³-hybridized carbons (Fsp3) is 0.375. The molecule has 6 heteroatoms. The summed E-state index contributed by atoms with van der Waals surface area (Å²) in [6, 6.07) is 5.09. The van der Waals surface area contributed by atoms with Crippen molar-refractivity contribution >= 4 is 44.4 Å². The topological polar surface area (TPSA) is 59.3 Å². The van der Waals surface area contributed by atoms with E-state index in [0.717, 1.165) is 30.2 Å². The van der Waals surface area contributed by atoms with Crippen LogP contribution >= 0.6 is 27.5 Å². The van der Waals surface area contributed by atoms with Crippen LogP contribution in [-0.4, -0.2) is 11.9 Å². The standard InChI is InChI=1S/C16H15BrClNO3/c17-10-6-9-7-12(16(21)22-14(9)13(18)8-10)15(20)19-11-4-2-1-3-5-11/h6-8,11H,1-5H2,(H,19,20). The van der Waals surface area contributed by atoms with Crippen LogP contribution in [0, 0.1) is 0 Å². The average molecular weight is 385 g/mol. The van der Waals surface area contributed by atoms with Crippen LogP contribution < -0.4 is 10.9 Å². The average Bonchev–Trinajstić information content (AvgIpc) is 2.48. The molecule has 22 heavy (non-hydrogen) atoms. The molecule has 116 valence electrons. The molecule has 0 spiro atoms. The van der Waals surface area contributed by atoms with Gasteiger partial charge in [-0.2, -0.15) is 0 Å². The van der Waals surface area contributed by atoms with Crippen molar-refractivity contribution in [1.82, 2.24) is 5.32 Å². The van der Waals surface area contributed by atoms with Crippen molar-refractivity contribution < 1.29 is 9.21 Å². The molecule has 0 saturated heterocycles. The largest absolute Gasteiger partial charge is 0.421 e. The van der Waals surface area contributed by atoms with Crippen molar-refractivity contribution in [2.45, 2.75) is 38.1 Å². The van der Waals surface area contributed by atoms with E-state index in [4.69, 9.17) is 16.0 Å². The minimum atomic E-state index is -0.662. The van der Waals surface area contributed by atoms with Gasteiger partial charge in [-0.25, -0.2) is 4.79 Å². The molecule has 1 saturated carbocycles. The second kappa shape index (κ2) is 6.42. The minimum Gasteiger partial charge on any atom is -0.421 e. The van der Waals surface area contributed by atoms with E-state index in [9.17, 15) is 9.59 Å². The first kappa shape index (κ1) is 15.6. The van der Waals surface area contributed by atoms with E-state index in [1.165, 1.54) is 12.5 Å². The Hall–Kier alpha value is -1.33. The zero-order valence-corrected chi connectivity index (χ0v) is 14.2. The SMILES string of the molecule is O=C(NC1CCCCC1)c1cc2cc(Br)cc(Cl)c2oc1=O. The molecule has 2 aromatic rings. The molecule has 4 nitrogen and oxygen atoms in total. The van der Waals surface area contributed by atoms with Gasteiger partial charge in [0.1, 0.15) is 5.56 Å². The molecule has 1 N–H and O–H groups in total. The molecule has 1 aliphatic carbocycles. The van der Waals surface area contributed by atoms with Gasteiger partial charge < -0.3 is 9.73 Å². The number of nitrogens with one attached hydrogen (secondary N) is 1. The second-order valence-electron chi connectivity index (χ2n) is 5.56. The summed E-state index contributed by atoms with van der Waals surface area (Å²) in [6.07, 6.45) is 5.35. The lowest BCUT2D eigenvalue weighted by Crippen LogP contribution is -2.38. The van der Waals surface area contributed by atoms with Crippen LogP contribution in [0.4, 0.5) is 0 Å². The van der Waals surface area contributed by atoms with Crippen LogP contribution in [0.25, 0.3) is 11.0 Å². The number of hydrogen-bond acceptors (Lipinski definition) is 3. The van der Waals surface area contributed by atoms with E-state index < -0.39 is 5.63 Å². The summed E-state index contributed by atoms with van der Waals surface area (Å²) in [6.45, 7) is 0. The Balaban J connectivity index is 1.94. The maximum Gasteiger partial charge on any atom is 0.349 e. The van der Waals surface area contributed by atoms with Crippen molar-refractivity contribution in [2.24, 2.45) is 0 Å².